The lowest BCUT2D eigenvalue weighted by atomic mass is 10.2. The number of nitro groups is 1. The molecule has 1 aromatic carbocycles. The second kappa shape index (κ2) is 6.69. The number of rotatable bonds is 6. The van der Waals surface area contributed by atoms with Crippen LogP contribution in [0.25, 0.3) is 0 Å². The van der Waals surface area contributed by atoms with Crippen molar-refractivity contribution in [1.82, 2.24) is 5.32 Å². The van der Waals surface area contributed by atoms with Crippen molar-refractivity contribution in [3.8, 4) is 5.75 Å². The molecule has 7 heteroatoms. The van der Waals surface area contributed by atoms with Crippen molar-refractivity contribution in [1.29, 1.82) is 0 Å². The smallest absolute Gasteiger partial charge is 0.273 e. The number of amides is 1. The van der Waals surface area contributed by atoms with Gasteiger partial charge in [0.25, 0.3) is 5.69 Å². The van der Waals surface area contributed by atoms with Crippen LogP contribution in [0.5, 0.6) is 5.75 Å². The predicted molar refractivity (Wildman–Crippen MR) is 71.4 cm³/mol. The Morgan fingerprint density at radius 3 is 2.68 bits per heavy atom. The summed E-state index contributed by atoms with van der Waals surface area (Å²) < 4.78 is 5.02. The van der Waals surface area contributed by atoms with Crippen molar-refractivity contribution in [2.75, 3.05) is 19.0 Å². The van der Waals surface area contributed by atoms with E-state index in [1.165, 1.54) is 25.3 Å². The molecule has 0 aromatic heterocycles. The van der Waals surface area contributed by atoms with E-state index in [0.29, 0.717) is 5.69 Å². The topological polar surface area (TPSA) is 93.5 Å². The van der Waals surface area contributed by atoms with Crippen molar-refractivity contribution in [2.45, 2.75) is 19.9 Å². The molecule has 19 heavy (non-hydrogen) atoms. The number of anilines is 1. The molecule has 0 saturated heterocycles. The number of nitrogens with zero attached hydrogens (tertiary/aromatic N) is 1. The molecule has 0 saturated carbocycles. The summed E-state index contributed by atoms with van der Waals surface area (Å²) in [6.45, 7) is 4.03. The van der Waals surface area contributed by atoms with Gasteiger partial charge in [0.2, 0.25) is 5.91 Å². The van der Waals surface area contributed by atoms with Crippen LogP contribution in [0, 0.1) is 10.1 Å². The minimum absolute atomic E-state index is 0.0878. The van der Waals surface area contributed by atoms with E-state index in [-0.39, 0.29) is 29.9 Å². The van der Waals surface area contributed by atoms with Gasteiger partial charge in [0.05, 0.1) is 30.3 Å². The Bertz CT molecular complexity index is 474. The van der Waals surface area contributed by atoms with Crippen LogP contribution in [0.15, 0.2) is 18.2 Å². The van der Waals surface area contributed by atoms with Crippen LogP contribution in [0.2, 0.25) is 0 Å². The Balaban J connectivity index is 2.78. The zero-order valence-corrected chi connectivity index (χ0v) is 11.1. The highest BCUT2D eigenvalue weighted by molar-refractivity contribution is 5.93. The maximum atomic E-state index is 11.6. The van der Waals surface area contributed by atoms with Crippen LogP contribution < -0.4 is 15.4 Å². The van der Waals surface area contributed by atoms with E-state index in [1.54, 1.807) is 0 Å². The van der Waals surface area contributed by atoms with E-state index in [1.807, 2.05) is 13.8 Å². The Kier molecular flexibility index (Phi) is 5.25. The Morgan fingerprint density at radius 1 is 1.47 bits per heavy atom. The molecule has 7 nitrogen and oxygen atoms in total. The van der Waals surface area contributed by atoms with Gasteiger partial charge in [-0.2, -0.15) is 0 Å². The van der Waals surface area contributed by atoms with Crippen LogP contribution in [-0.2, 0) is 4.79 Å². The Morgan fingerprint density at radius 2 is 2.16 bits per heavy atom. The molecule has 1 amide bonds. The minimum Gasteiger partial charge on any atom is -0.494 e. The number of methoxy groups -OCH3 is 1. The maximum Gasteiger partial charge on any atom is 0.273 e. The van der Waals surface area contributed by atoms with Crippen molar-refractivity contribution in [3.05, 3.63) is 28.3 Å². The summed E-state index contributed by atoms with van der Waals surface area (Å²) in [4.78, 5) is 21.8. The van der Waals surface area contributed by atoms with E-state index in [0.717, 1.165) is 0 Å². The van der Waals surface area contributed by atoms with Gasteiger partial charge in [-0.05, 0) is 6.07 Å². The highest BCUT2D eigenvalue weighted by Gasteiger charge is 2.13. The van der Waals surface area contributed by atoms with Crippen LogP contribution in [0.3, 0.4) is 0 Å². The summed E-state index contributed by atoms with van der Waals surface area (Å²) in [7, 11) is 1.39. The van der Waals surface area contributed by atoms with Crippen molar-refractivity contribution < 1.29 is 14.5 Å². The zero-order valence-electron chi connectivity index (χ0n) is 11.1. The number of hydrogen-bond donors (Lipinski definition) is 2. The number of nitro benzene ring substituents is 1. The molecule has 1 aromatic rings. The van der Waals surface area contributed by atoms with Gasteiger partial charge in [0.1, 0.15) is 5.75 Å². The molecule has 0 atom stereocenters. The molecule has 104 valence electrons. The fourth-order valence-electron chi connectivity index (χ4n) is 1.39. The first-order valence-corrected chi connectivity index (χ1v) is 5.79. The lowest BCUT2D eigenvalue weighted by Gasteiger charge is -2.11. The van der Waals surface area contributed by atoms with E-state index in [9.17, 15) is 14.9 Å². The number of benzene rings is 1. The van der Waals surface area contributed by atoms with Crippen molar-refractivity contribution >= 4 is 17.3 Å². The zero-order chi connectivity index (χ0) is 14.4. The third kappa shape index (κ3) is 4.55. The van der Waals surface area contributed by atoms with E-state index >= 15 is 0 Å². The average Bonchev–Trinajstić information content (AvgIpc) is 2.36. The number of carbonyl (C=O) groups excluding carboxylic acids is 1. The first kappa shape index (κ1) is 14.9. The van der Waals surface area contributed by atoms with Crippen LogP contribution >= 0.6 is 0 Å². The second-order valence-electron chi connectivity index (χ2n) is 4.23. The highest BCUT2D eigenvalue weighted by atomic mass is 16.6. The van der Waals surface area contributed by atoms with Crippen molar-refractivity contribution in [2.24, 2.45) is 0 Å². The molecule has 0 aliphatic carbocycles. The third-order valence-corrected chi connectivity index (χ3v) is 2.34. The summed E-state index contributed by atoms with van der Waals surface area (Å²) in [5.41, 5.74) is 0.318. The molecule has 0 spiro atoms. The largest absolute Gasteiger partial charge is 0.494 e. The molecule has 0 radical (unpaired) electrons. The monoisotopic (exact) mass is 267 g/mol. The summed E-state index contributed by atoms with van der Waals surface area (Å²) >= 11 is 0. The molecule has 0 bridgehead atoms. The van der Waals surface area contributed by atoms with Gasteiger partial charge in [-0.25, -0.2) is 0 Å². The third-order valence-electron chi connectivity index (χ3n) is 2.34. The molecule has 0 aliphatic rings. The van der Waals surface area contributed by atoms with Gasteiger partial charge in [-0.15, -0.1) is 0 Å². The molecule has 1 rings (SSSR count). The maximum absolute atomic E-state index is 11.6. The van der Waals surface area contributed by atoms with E-state index in [4.69, 9.17) is 4.74 Å². The number of carbonyl (C=O) groups is 1. The quantitative estimate of drug-likeness (QED) is 0.602. The number of hydrogen-bond acceptors (Lipinski definition) is 5. The number of non-ortho nitro benzene ring substituents is 1. The van der Waals surface area contributed by atoms with Gasteiger partial charge in [-0.3, -0.25) is 14.9 Å². The van der Waals surface area contributed by atoms with Gasteiger partial charge >= 0.3 is 0 Å². The molecule has 0 aliphatic heterocycles. The fourth-order valence-corrected chi connectivity index (χ4v) is 1.39. The van der Waals surface area contributed by atoms with Gasteiger partial charge in [0.15, 0.2) is 0 Å². The molecule has 2 N–H and O–H groups in total. The first-order chi connectivity index (χ1) is 8.93. The van der Waals surface area contributed by atoms with Crippen LogP contribution in [0.4, 0.5) is 11.4 Å². The number of nitrogens with one attached hydrogen (secondary N) is 2. The molecule has 0 unspecified atom stereocenters. The van der Waals surface area contributed by atoms with Crippen LogP contribution in [-0.4, -0.2) is 30.5 Å². The van der Waals surface area contributed by atoms with Gasteiger partial charge in [0, 0.05) is 12.1 Å². The lowest BCUT2D eigenvalue weighted by molar-refractivity contribution is -0.384. The summed E-state index contributed by atoms with van der Waals surface area (Å²) in [5.74, 6) is 0.0213. The van der Waals surface area contributed by atoms with Gasteiger partial charge in [-0.1, -0.05) is 13.8 Å². The summed E-state index contributed by atoms with van der Waals surface area (Å²) in [5, 5.41) is 16.2. The Labute approximate surface area is 111 Å². The van der Waals surface area contributed by atoms with Crippen LogP contribution in [0.1, 0.15) is 13.8 Å². The second-order valence-corrected chi connectivity index (χ2v) is 4.23. The first-order valence-electron chi connectivity index (χ1n) is 5.79. The molecular formula is C12H17N3O4. The summed E-state index contributed by atoms with van der Waals surface area (Å²) in [6.07, 6.45) is 0. The normalized spacial score (nSPS) is 10.3. The predicted octanol–water partition coefficient (Wildman–Crippen LogP) is 1.54. The van der Waals surface area contributed by atoms with Crippen molar-refractivity contribution in [3.63, 3.8) is 0 Å². The minimum atomic E-state index is -0.519. The van der Waals surface area contributed by atoms with E-state index < -0.39 is 4.92 Å². The lowest BCUT2D eigenvalue weighted by Crippen LogP contribution is -2.32. The van der Waals surface area contributed by atoms with Gasteiger partial charge < -0.3 is 15.4 Å². The number of ether oxygens (including phenoxy) is 1. The average molecular weight is 267 g/mol. The summed E-state index contributed by atoms with van der Waals surface area (Å²) in [6, 6.07) is 4.23. The standard InChI is InChI=1S/C12H17N3O4/c1-8(2)13-7-12(16)14-10-5-4-9(15(17)18)6-11(10)19-3/h4-6,8,13H,7H2,1-3H3,(H,14,16). The van der Waals surface area contributed by atoms with E-state index in [2.05, 4.69) is 10.6 Å². The molecule has 0 heterocycles. The molecular weight excluding hydrogens is 250 g/mol. The SMILES string of the molecule is COc1cc([N+](=O)[O-])ccc1NC(=O)CNC(C)C. The fraction of sp³-hybridized carbons (Fsp3) is 0.417. The highest BCUT2D eigenvalue weighted by Crippen LogP contribution is 2.28. The Hall–Kier alpha value is -2.15. The molecule has 0 fully saturated rings.